The predicted molar refractivity (Wildman–Crippen MR) is 109 cm³/mol. The molecule has 0 aliphatic heterocycles. The van der Waals surface area contributed by atoms with E-state index in [9.17, 15) is 14.9 Å². The third-order valence-electron chi connectivity index (χ3n) is 5.07. The smallest absolute Gasteiger partial charge is 0.269 e. The number of aromatic nitrogens is 1. The Labute approximate surface area is 163 Å². The first-order valence-corrected chi connectivity index (χ1v) is 9.19. The highest BCUT2D eigenvalue weighted by Crippen LogP contribution is 2.32. The van der Waals surface area contributed by atoms with Gasteiger partial charge in [-0.3, -0.25) is 14.9 Å². The molecule has 0 spiro atoms. The maximum absolute atomic E-state index is 11.9. The molecule has 0 aliphatic carbocycles. The highest BCUT2D eigenvalue weighted by Gasteiger charge is 2.20. The molecule has 2 N–H and O–H groups in total. The minimum absolute atomic E-state index is 0.0332. The van der Waals surface area contributed by atoms with Gasteiger partial charge in [-0.15, -0.1) is 0 Å². The van der Waals surface area contributed by atoms with Crippen LogP contribution < -0.4 is 5.73 Å². The summed E-state index contributed by atoms with van der Waals surface area (Å²) in [6.07, 6.45) is 1.79. The zero-order chi connectivity index (χ0) is 20.3. The summed E-state index contributed by atoms with van der Waals surface area (Å²) >= 11 is 0. The fraction of sp³-hybridized carbons (Fsp3) is 0.227. The van der Waals surface area contributed by atoms with Crippen LogP contribution in [0.25, 0.3) is 11.3 Å². The monoisotopic (exact) mass is 377 g/mol. The Balaban J connectivity index is 1.96. The third kappa shape index (κ3) is 3.96. The second-order valence-electron chi connectivity index (χ2n) is 6.94. The van der Waals surface area contributed by atoms with E-state index >= 15 is 0 Å². The van der Waals surface area contributed by atoms with Crippen LogP contribution in [0, 0.1) is 17.0 Å². The number of hydrogen-bond acceptors (Lipinski definition) is 3. The number of rotatable bonds is 7. The van der Waals surface area contributed by atoms with Gasteiger partial charge in [0.2, 0.25) is 0 Å². The van der Waals surface area contributed by atoms with Crippen molar-refractivity contribution in [3.05, 3.63) is 87.6 Å². The Morgan fingerprint density at radius 2 is 1.79 bits per heavy atom. The third-order valence-corrected chi connectivity index (χ3v) is 5.07. The normalized spacial score (nSPS) is 11.9. The quantitative estimate of drug-likeness (QED) is 0.479. The van der Waals surface area contributed by atoms with Gasteiger partial charge in [-0.1, -0.05) is 30.3 Å². The summed E-state index contributed by atoms with van der Waals surface area (Å²) in [5.41, 5.74) is 9.78. The summed E-state index contributed by atoms with van der Waals surface area (Å²) in [6, 6.07) is 18.5. The number of aryl methyl sites for hydroxylation is 1. The molecule has 2 aromatic carbocycles. The van der Waals surface area contributed by atoms with E-state index in [1.807, 2.05) is 25.1 Å². The van der Waals surface area contributed by atoms with Gasteiger partial charge in [-0.2, -0.15) is 0 Å². The summed E-state index contributed by atoms with van der Waals surface area (Å²) in [7, 11) is 0. The largest absolute Gasteiger partial charge is 0.366 e. The van der Waals surface area contributed by atoms with Crippen LogP contribution in [-0.4, -0.2) is 15.4 Å². The number of primary amides is 1. The van der Waals surface area contributed by atoms with Crippen molar-refractivity contribution in [3.63, 3.8) is 0 Å². The Hall–Kier alpha value is -3.41. The summed E-state index contributed by atoms with van der Waals surface area (Å²) in [4.78, 5) is 22.4. The average molecular weight is 377 g/mol. The van der Waals surface area contributed by atoms with Crippen molar-refractivity contribution in [1.29, 1.82) is 0 Å². The van der Waals surface area contributed by atoms with Crippen LogP contribution in [0.15, 0.2) is 60.7 Å². The highest BCUT2D eigenvalue weighted by atomic mass is 16.6. The lowest BCUT2D eigenvalue weighted by atomic mass is 10.1. The summed E-state index contributed by atoms with van der Waals surface area (Å²) in [5.74, 6) is -0.477. The van der Waals surface area contributed by atoms with E-state index in [4.69, 9.17) is 5.73 Å². The number of nitro groups is 1. The molecule has 3 rings (SSSR count). The minimum atomic E-state index is -0.477. The molecular formula is C22H23N3O3. The Bertz CT molecular complexity index is 992. The maximum atomic E-state index is 11.9. The maximum Gasteiger partial charge on any atom is 0.269 e. The molecule has 1 unspecified atom stereocenters. The predicted octanol–water partition coefficient (Wildman–Crippen LogP) is 4.66. The van der Waals surface area contributed by atoms with Crippen LogP contribution in [0.4, 0.5) is 5.69 Å². The van der Waals surface area contributed by atoms with Crippen LogP contribution in [0.3, 0.4) is 0 Å². The molecule has 144 valence electrons. The first-order valence-electron chi connectivity index (χ1n) is 9.19. The van der Waals surface area contributed by atoms with E-state index in [-0.39, 0.29) is 11.7 Å². The van der Waals surface area contributed by atoms with Gasteiger partial charge >= 0.3 is 0 Å². The van der Waals surface area contributed by atoms with Crippen molar-refractivity contribution in [1.82, 2.24) is 4.57 Å². The van der Waals surface area contributed by atoms with Gasteiger partial charge in [-0.25, -0.2) is 0 Å². The fourth-order valence-corrected chi connectivity index (χ4v) is 3.56. The van der Waals surface area contributed by atoms with Gasteiger partial charge in [0, 0.05) is 29.6 Å². The average Bonchev–Trinajstić information content (AvgIpc) is 3.04. The summed E-state index contributed by atoms with van der Waals surface area (Å²) in [6.45, 7) is 3.99. The van der Waals surface area contributed by atoms with Crippen molar-refractivity contribution in [2.45, 2.75) is 32.7 Å². The zero-order valence-corrected chi connectivity index (χ0v) is 16.0. The molecule has 0 bridgehead atoms. The molecule has 0 fully saturated rings. The molecule has 1 heterocycles. The first-order chi connectivity index (χ1) is 13.4. The summed E-state index contributed by atoms with van der Waals surface area (Å²) < 4.78 is 2.10. The van der Waals surface area contributed by atoms with E-state index in [2.05, 4.69) is 23.6 Å². The molecule has 1 atom stereocenters. The van der Waals surface area contributed by atoms with Crippen molar-refractivity contribution in [2.24, 2.45) is 5.73 Å². The van der Waals surface area contributed by atoms with Gasteiger partial charge in [0.15, 0.2) is 0 Å². The van der Waals surface area contributed by atoms with Gasteiger partial charge in [0.05, 0.1) is 10.5 Å². The van der Waals surface area contributed by atoms with Crippen LogP contribution in [0.1, 0.15) is 41.0 Å². The molecule has 1 amide bonds. The molecular weight excluding hydrogens is 354 g/mol. The molecule has 0 saturated carbocycles. The van der Waals surface area contributed by atoms with Gasteiger partial charge in [-0.05, 0) is 56.0 Å². The van der Waals surface area contributed by atoms with Gasteiger partial charge in [0.1, 0.15) is 0 Å². The van der Waals surface area contributed by atoms with E-state index in [1.54, 1.807) is 18.2 Å². The second kappa shape index (κ2) is 8.08. The zero-order valence-electron chi connectivity index (χ0n) is 16.0. The number of non-ortho nitro benzene ring substituents is 1. The Morgan fingerprint density at radius 1 is 1.14 bits per heavy atom. The van der Waals surface area contributed by atoms with Gasteiger partial charge < -0.3 is 10.3 Å². The number of nitro benzene ring substituents is 1. The molecule has 6 heteroatoms. The first kappa shape index (κ1) is 19.4. The minimum Gasteiger partial charge on any atom is -0.366 e. The number of carbonyl (C=O) groups is 1. The van der Waals surface area contributed by atoms with Crippen molar-refractivity contribution in [3.8, 4) is 11.3 Å². The van der Waals surface area contributed by atoms with E-state index in [0.29, 0.717) is 5.56 Å². The number of nitrogens with two attached hydrogens (primary N) is 1. The van der Waals surface area contributed by atoms with E-state index in [1.165, 1.54) is 17.7 Å². The number of nitrogens with zero attached hydrogens (tertiary/aromatic N) is 2. The van der Waals surface area contributed by atoms with Crippen molar-refractivity contribution < 1.29 is 9.72 Å². The lowest BCUT2D eigenvalue weighted by Crippen LogP contribution is -2.14. The Morgan fingerprint density at radius 3 is 2.36 bits per heavy atom. The standard InChI is InChI=1S/C22H23N3O3/c1-15(8-9-17-6-4-3-5-7-17)24-16(2)20(22(23)26)14-21(24)18-10-12-19(13-11-18)25(27)28/h3-7,10-15H,8-9H2,1-2H3,(H2,23,26). The topological polar surface area (TPSA) is 91.2 Å². The lowest BCUT2D eigenvalue weighted by molar-refractivity contribution is -0.384. The van der Waals surface area contributed by atoms with Crippen LogP contribution >= 0.6 is 0 Å². The second-order valence-corrected chi connectivity index (χ2v) is 6.94. The molecule has 0 saturated heterocycles. The Kier molecular flexibility index (Phi) is 5.59. The van der Waals surface area contributed by atoms with E-state index in [0.717, 1.165) is 29.8 Å². The van der Waals surface area contributed by atoms with Gasteiger partial charge in [0.25, 0.3) is 11.6 Å². The van der Waals surface area contributed by atoms with Crippen LogP contribution in [0.2, 0.25) is 0 Å². The molecule has 0 radical (unpaired) electrons. The van der Waals surface area contributed by atoms with E-state index < -0.39 is 10.8 Å². The van der Waals surface area contributed by atoms with Crippen LogP contribution in [-0.2, 0) is 6.42 Å². The SMILES string of the molecule is Cc1c(C(N)=O)cc(-c2ccc([N+](=O)[O-])cc2)n1C(C)CCc1ccccc1. The molecule has 6 nitrogen and oxygen atoms in total. The van der Waals surface area contributed by atoms with Crippen LogP contribution in [0.5, 0.6) is 0 Å². The number of amides is 1. The highest BCUT2D eigenvalue weighted by molar-refractivity contribution is 5.95. The molecule has 0 aliphatic rings. The summed E-state index contributed by atoms with van der Waals surface area (Å²) in [5, 5.41) is 10.9. The van der Waals surface area contributed by atoms with Crippen molar-refractivity contribution >= 4 is 11.6 Å². The molecule has 3 aromatic rings. The number of benzene rings is 2. The fourth-order valence-electron chi connectivity index (χ4n) is 3.56. The lowest BCUT2D eigenvalue weighted by Gasteiger charge is -2.20. The number of hydrogen-bond donors (Lipinski definition) is 1. The number of carbonyl (C=O) groups excluding carboxylic acids is 1. The molecule has 1 aromatic heterocycles. The molecule has 28 heavy (non-hydrogen) atoms. The van der Waals surface area contributed by atoms with Crippen molar-refractivity contribution in [2.75, 3.05) is 0 Å².